The Bertz CT molecular complexity index is 876. The maximum absolute atomic E-state index is 12.5. The Labute approximate surface area is 136 Å². The molecule has 0 radical (unpaired) electrons. The minimum atomic E-state index is -0.187. The first kappa shape index (κ1) is 15.3. The summed E-state index contributed by atoms with van der Waals surface area (Å²) in [5.74, 6) is 0.249. The molecule has 0 fully saturated rings. The zero-order valence-corrected chi connectivity index (χ0v) is 13.8. The lowest BCUT2D eigenvalue weighted by atomic mass is 10.1. The molecule has 0 saturated carbocycles. The number of rotatable bonds is 5. The van der Waals surface area contributed by atoms with Crippen LogP contribution in [-0.4, -0.2) is 36.8 Å². The summed E-state index contributed by atoms with van der Waals surface area (Å²) in [6.45, 7) is 5.00. The van der Waals surface area contributed by atoms with Crippen molar-refractivity contribution >= 4 is 22.9 Å². The third kappa shape index (κ3) is 2.85. The highest BCUT2D eigenvalue weighted by Gasteiger charge is 2.20. The van der Waals surface area contributed by atoms with Gasteiger partial charge in [0.25, 0.3) is 0 Å². The minimum absolute atomic E-state index is 0.0312. The van der Waals surface area contributed by atoms with E-state index in [0.29, 0.717) is 28.3 Å². The van der Waals surface area contributed by atoms with Crippen molar-refractivity contribution in [2.75, 3.05) is 0 Å². The number of carbonyl (C=O) groups excluding carboxylic acids is 2. The van der Waals surface area contributed by atoms with E-state index in [4.69, 9.17) is 0 Å². The van der Waals surface area contributed by atoms with Crippen molar-refractivity contribution in [3.05, 3.63) is 40.0 Å². The van der Waals surface area contributed by atoms with Crippen molar-refractivity contribution in [1.82, 2.24) is 25.2 Å². The summed E-state index contributed by atoms with van der Waals surface area (Å²) in [6, 6.07) is 3.80. The molecule has 0 atom stereocenters. The number of ketones is 2. The molecule has 3 aromatic heterocycles. The fourth-order valence-electron chi connectivity index (χ4n) is 2.58. The van der Waals surface area contributed by atoms with E-state index >= 15 is 0 Å². The van der Waals surface area contributed by atoms with Crippen molar-refractivity contribution < 1.29 is 9.59 Å². The molecule has 0 amide bonds. The van der Waals surface area contributed by atoms with Gasteiger partial charge in [-0.25, -0.2) is 0 Å². The fraction of sp³-hybridized carbons (Fsp3) is 0.267. The molecule has 118 valence electrons. The molecule has 7 nitrogen and oxygen atoms in total. The van der Waals surface area contributed by atoms with Gasteiger partial charge in [0.1, 0.15) is 6.54 Å². The monoisotopic (exact) mass is 329 g/mol. The van der Waals surface area contributed by atoms with Gasteiger partial charge in [-0.3, -0.25) is 9.59 Å². The van der Waals surface area contributed by atoms with Crippen molar-refractivity contribution in [2.24, 2.45) is 0 Å². The first-order valence-electron chi connectivity index (χ1n) is 7.02. The van der Waals surface area contributed by atoms with Gasteiger partial charge in [-0.1, -0.05) is 6.07 Å². The largest absolute Gasteiger partial charge is 0.355 e. The maximum Gasteiger partial charge on any atom is 0.214 e. The summed E-state index contributed by atoms with van der Waals surface area (Å²) < 4.78 is 0. The van der Waals surface area contributed by atoms with Crippen LogP contribution in [0.15, 0.2) is 17.5 Å². The molecule has 0 aliphatic rings. The summed E-state index contributed by atoms with van der Waals surface area (Å²) in [6.07, 6.45) is 0. The molecule has 3 heterocycles. The molecule has 8 heteroatoms. The van der Waals surface area contributed by atoms with Crippen LogP contribution in [0.1, 0.15) is 39.0 Å². The number of hydrogen-bond acceptors (Lipinski definition) is 6. The molecule has 3 rings (SSSR count). The second-order valence-corrected chi connectivity index (χ2v) is 6.17. The lowest BCUT2D eigenvalue weighted by molar-refractivity contribution is 0.0956. The molecule has 3 aromatic rings. The molecule has 0 saturated heterocycles. The smallest absolute Gasteiger partial charge is 0.214 e. The van der Waals surface area contributed by atoms with Gasteiger partial charge >= 0.3 is 0 Å². The van der Waals surface area contributed by atoms with Gasteiger partial charge in [0.2, 0.25) is 11.6 Å². The van der Waals surface area contributed by atoms with E-state index in [1.54, 1.807) is 13.8 Å². The Morgan fingerprint density at radius 2 is 2.13 bits per heavy atom. The molecule has 1 N–H and O–H groups in total. The van der Waals surface area contributed by atoms with Crippen LogP contribution in [0.5, 0.6) is 0 Å². The zero-order chi connectivity index (χ0) is 16.6. The van der Waals surface area contributed by atoms with Crippen LogP contribution in [0.25, 0.3) is 10.7 Å². The van der Waals surface area contributed by atoms with E-state index in [1.165, 1.54) is 23.1 Å². The fourth-order valence-corrected chi connectivity index (χ4v) is 3.23. The molecule has 0 unspecified atom stereocenters. The molecule has 0 spiro atoms. The van der Waals surface area contributed by atoms with Crippen molar-refractivity contribution in [1.29, 1.82) is 0 Å². The number of carbonyl (C=O) groups is 2. The predicted octanol–water partition coefficient (Wildman–Crippen LogP) is 2.43. The SMILES string of the molecule is CC(=O)c1c(C)[nH]c(C(=O)Cn2nnc(-c3cccs3)n2)c1C. The van der Waals surface area contributed by atoms with E-state index in [-0.39, 0.29) is 18.1 Å². The summed E-state index contributed by atoms with van der Waals surface area (Å²) >= 11 is 1.51. The molecule has 0 aliphatic carbocycles. The van der Waals surface area contributed by atoms with E-state index in [2.05, 4.69) is 20.4 Å². The Morgan fingerprint density at radius 1 is 1.35 bits per heavy atom. The first-order valence-corrected chi connectivity index (χ1v) is 7.90. The number of H-pyrrole nitrogens is 1. The van der Waals surface area contributed by atoms with Crippen LogP contribution in [-0.2, 0) is 6.54 Å². The average Bonchev–Trinajstić information content (AvgIpc) is 3.18. The number of thiophene rings is 1. The third-order valence-corrected chi connectivity index (χ3v) is 4.41. The lowest BCUT2D eigenvalue weighted by Gasteiger charge is -1.99. The topological polar surface area (TPSA) is 93.5 Å². The Balaban J connectivity index is 1.83. The van der Waals surface area contributed by atoms with Crippen LogP contribution >= 0.6 is 11.3 Å². The average molecular weight is 329 g/mol. The minimum Gasteiger partial charge on any atom is -0.355 e. The lowest BCUT2D eigenvalue weighted by Crippen LogP contribution is -2.14. The summed E-state index contributed by atoms with van der Waals surface area (Å²) in [7, 11) is 0. The Morgan fingerprint density at radius 3 is 2.74 bits per heavy atom. The third-order valence-electron chi connectivity index (χ3n) is 3.55. The molecular weight excluding hydrogens is 314 g/mol. The normalized spacial score (nSPS) is 10.9. The molecular formula is C15H15N5O2S. The van der Waals surface area contributed by atoms with Crippen molar-refractivity contribution in [2.45, 2.75) is 27.3 Å². The summed E-state index contributed by atoms with van der Waals surface area (Å²) in [4.78, 5) is 29.2. The van der Waals surface area contributed by atoms with Crippen LogP contribution in [0.2, 0.25) is 0 Å². The second-order valence-electron chi connectivity index (χ2n) is 5.23. The maximum atomic E-state index is 12.5. The standard InChI is InChI=1S/C15H15N5O2S/c1-8-13(10(3)21)9(2)16-14(8)11(22)7-20-18-15(17-19-20)12-5-4-6-23-12/h4-6,16H,7H2,1-3H3. The number of nitrogens with zero attached hydrogens (tertiary/aromatic N) is 4. The van der Waals surface area contributed by atoms with Gasteiger partial charge in [0, 0.05) is 11.3 Å². The van der Waals surface area contributed by atoms with Gasteiger partial charge in [-0.2, -0.15) is 4.80 Å². The van der Waals surface area contributed by atoms with Crippen LogP contribution in [0.3, 0.4) is 0 Å². The van der Waals surface area contributed by atoms with Crippen molar-refractivity contribution in [3.63, 3.8) is 0 Å². The van der Waals surface area contributed by atoms with Gasteiger partial charge in [0.15, 0.2) is 5.78 Å². The van der Waals surface area contributed by atoms with E-state index in [0.717, 1.165) is 4.88 Å². The number of nitrogens with one attached hydrogen (secondary N) is 1. The zero-order valence-electron chi connectivity index (χ0n) is 13.0. The van der Waals surface area contributed by atoms with Crippen LogP contribution in [0, 0.1) is 13.8 Å². The Hall–Kier alpha value is -2.61. The van der Waals surface area contributed by atoms with Gasteiger partial charge in [0.05, 0.1) is 10.6 Å². The summed E-state index contributed by atoms with van der Waals surface area (Å²) in [5.41, 5.74) is 2.35. The number of hydrogen-bond donors (Lipinski definition) is 1. The molecule has 0 bridgehead atoms. The van der Waals surface area contributed by atoms with Gasteiger partial charge in [-0.15, -0.1) is 21.5 Å². The summed E-state index contributed by atoms with van der Waals surface area (Å²) in [5, 5.41) is 14.0. The number of aromatic nitrogens is 5. The molecule has 0 aromatic carbocycles. The van der Waals surface area contributed by atoms with E-state index in [9.17, 15) is 9.59 Å². The molecule has 0 aliphatic heterocycles. The quantitative estimate of drug-likeness (QED) is 0.726. The van der Waals surface area contributed by atoms with Gasteiger partial charge < -0.3 is 4.98 Å². The highest BCUT2D eigenvalue weighted by atomic mass is 32.1. The second kappa shape index (κ2) is 5.88. The molecule has 23 heavy (non-hydrogen) atoms. The number of aryl methyl sites for hydroxylation is 1. The van der Waals surface area contributed by atoms with E-state index < -0.39 is 0 Å². The highest BCUT2D eigenvalue weighted by Crippen LogP contribution is 2.21. The predicted molar refractivity (Wildman–Crippen MR) is 85.7 cm³/mol. The van der Waals surface area contributed by atoms with E-state index in [1.807, 2.05) is 17.5 Å². The van der Waals surface area contributed by atoms with Crippen LogP contribution in [0.4, 0.5) is 0 Å². The highest BCUT2D eigenvalue weighted by molar-refractivity contribution is 7.13. The first-order chi connectivity index (χ1) is 11.0. The Kier molecular flexibility index (Phi) is 3.91. The van der Waals surface area contributed by atoms with Gasteiger partial charge in [-0.05, 0) is 43.0 Å². The van der Waals surface area contributed by atoms with Crippen molar-refractivity contribution in [3.8, 4) is 10.7 Å². The number of tetrazole rings is 1. The number of Topliss-reactive ketones (excluding diaryl/α,β-unsaturated/α-hetero) is 2. The van der Waals surface area contributed by atoms with Crippen LogP contribution < -0.4 is 0 Å². The number of aromatic amines is 1.